The lowest BCUT2D eigenvalue weighted by Crippen LogP contribution is -1.94. The van der Waals surface area contributed by atoms with Gasteiger partial charge in [-0.25, -0.2) is 18.6 Å². The van der Waals surface area contributed by atoms with Crippen LogP contribution in [0.2, 0.25) is 0 Å². The van der Waals surface area contributed by atoms with Crippen LogP contribution in [0.1, 0.15) is 21.8 Å². The van der Waals surface area contributed by atoms with Gasteiger partial charge in [0.2, 0.25) is 0 Å². The molecule has 1 heterocycles. The quantitative estimate of drug-likeness (QED) is 0.861. The maximum Gasteiger partial charge on any atom is 0.335 e. The molecule has 0 spiro atoms. The first-order valence-corrected chi connectivity index (χ1v) is 4.81. The molecule has 3 nitrogen and oxygen atoms in total. The van der Waals surface area contributed by atoms with E-state index in [1.807, 2.05) is 0 Å². The van der Waals surface area contributed by atoms with E-state index < -0.39 is 12.4 Å². The summed E-state index contributed by atoms with van der Waals surface area (Å²) < 4.78 is 25.1. The molecule has 0 saturated carbocycles. The third-order valence-corrected chi connectivity index (χ3v) is 2.86. The molecule has 0 radical (unpaired) electrons. The number of halogens is 2. The fourth-order valence-electron chi connectivity index (χ4n) is 1.17. The first-order chi connectivity index (χ1) is 7.08. The monoisotopic (exact) mass is 229 g/mol. The Labute approximate surface area is 87.0 Å². The number of thiazole rings is 1. The minimum Gasteiger partial charge on any atom is -0.478 e. The summed E-state index contributed by atoms with van der Waals surface area (Å²) in [6.07, 6.45) is -2.62. The Balaban J connectivity index is 2.57. The van der Waals surface area contributed by atoms with Crippen molar-refractivity contribution in [3.8, 4) is 0 Å². The van der Waals surface area contributed by atoms with Gasteiger partial charge in [-0.15, -0.1) is 11.3 Å². The Morgan fingerprint density at radius 1 is 1.47 bits per heavy atom. The Morgan fingerprint density at radius 2 is 2.20 bits per heavy atom. The van der Waals surface area contributed by atoms with Gasteiger partial charge in [-0.05, 0) is 18.2 Å². The van der Waals surface area contributed by atoms with E-state index in [1.54, 1.807) is 0 Å². The molecule has 15 heavy (non-hydrogen) atoms. The largest absolute Gasteiger partial charge is 0.478 e. The molecule has 78 valence electrons. The van der Waals surface area contributed by atoms with Gasteiger partial charge in [0.15, 0.2) is 5.01 Å². The lowest BCUT2D eigenvalue weighted by molar-refractivity contribution is 0.0697. The Hall–Kier alpha value is -1.56. The van der Waals surface area contributed by atoms with Gasteiger partial charge < -0.3 is 5.11 Å². The molecule has 2 rings (SSSR count). The fourth-order valence-corrected chi connectivity index (χ4v) is 2.03. The first kappa shape index (κ1) is 9.97. The van der Waals surface area contributed by atoms with Crippen LogP contribution in [0.15, 0.2) is 18.2 Å². The van der Waals surface area contributed by atoms with Crippen LogP contribution in [0.4, 0.5) is 8.78 Å². The van der Waals surface area contributed by atoms with Gasteiger partial charge in [-0.2, -0.15) is 0 Å². The molecule has 0 aliphatic carbocycles. The van der Waals surface area contributed by atoms with Gasteiger partial charge in [0.05, 0.1) is 15.8 Å². The maximum absolute atomic E-state index is 12.3. The van der Waals surface area contributed by atoms with Crippen molar-refractivity contribution in [2.24, 2.45) is 0 Å². The highest BCUT2D eigenvalue weighted by molar-refractivity contribution is 7.18. The van der Waals surface area contributed by atoms with E-state index >= 15 is 0 Å². The Kier molecular flexibility index (Phi) is 2.36. The van der Waals surface area contributed by atoms with Crippen molar-refractivity contribution in [1.29, 1.82) is 0 Å². The smallest absolute Gasteiger partial charge is 0.335 e. The molecule has 0 bridgehead atoms. The van der Waals surface area contributed by atoms with E-state index in [4.69, 9.17) is 5.11 Å². The van der Waals surface area contributed by atoms with Gasteiger partial charge in [0, 0.05) is 0 Å². The second-order valence-corrected chi connectivity index (χ2v) is 3.90. The van der Waals surface area contributed by atoms with E-state index in [0.717, 1.165) is 11.3 Å². The third kappa shape index (κ3) is 1.80. The molecule has 1 N–H and O–H groups in total. The molecule has 2 aromatic rings. The van der Waals surface area contributed by atoms with Gasteiger partial charge >= 0.3 is 5.97 Å². The van der Waals surface area contributed by atoms with Crippen LogP contribution >= 0.6 is 11.3 Å². The number of benzene rings is 1. The third-order valence-electron chi connectivity index (χ3n) is 1.84. The molecule has 1 aromatic heterocycles. The number of carboxylic acid groups (broad SMARTS) is 1. The van der Waals surface area contributed by atoms with Crippen LogP contribution in [0, 0.1) is 0 Å². The highest BCUT2D eigenvalue weighted by Gasteiger charge is 2.14. The van der Waals surface area contributed by atoms with Crippen LogP contribution < -0.4 is 0 Å². The topological polar surface area (TPSA) is 50.2 Å². The molecule has 0 unspecified atom stereocenters. The summed E-state index contributed by atoms with van der Waals surface area (Å²) in [5, 5.41) is 8.41. The zero-order valence-corrected chi connectivity index (χ0v) is 8.09. The number of hydrogen-bond acceptors (Lipinski definition) is 3. The van der Waals surface area contributed by atoms with Crippen molar-refractivity contribution in [3.63, 3.8) is 0 Å². The first-order valence-electron chi connectivity index (χ1n) is 4.00. The van der Waals surface area contributed by atoms with Crippen molar-refractivity contribution in [3.05, 3.63) is 28.8 Å². The van der Waals surface area contributed by atoms with Crippen molar-refractivity contribution in [1.82, 2.24) is 4.98 Å². The van der Waals surface area contributed by atoms with E-state index in [2.05, 4.69) is 4.98 Å². The predicted molar refractivity (Wildman–Crippen MR) is 51.5 cm³/mol. The molecule has 0 aliphatic rings. The second kappa shape index (κ2) is 3.54. The van der Waals surface area contributed by atoms with Crippen LogP contribution in [0.5, 0.6) is 0 Å². The molecular weight excluding hydrogens is 224 g/mol. The molecule has 0 atom stereocenters. The summed E-state index contributed by atoms with van der Waals surface area (Å²) in [4.78, 5) is 14.3. The highest BCUT2D eigenvalue weighted by Crippen LogP contribution is 2.29. The molecule has 0 amide bonds. The summed E-state index contributed by atoms with van der Waals surface area (Å²) in [6.45, 7) is 0. The molecule has 0 fully saturated rings. The number of carbonyl (C=O) groups is 1. The van der Waals surface area contributed by atoms with Gasteiger partial charge in [-0.1, -0.05) is 0 Å². The molecule has 0 saturated heterocycles. The SMILES string of the molecule is O=C(O)c1ccc2nc(C(F)F)sc2c1. The average Bonchev–Trinajstić information content (AvgIpc) is 2.59. The van der Waals surface area contributed by atoms with E-state index in [9.17, 15) is 13.6 Å². The molecule has 0 aliphatic heterocycles. The zero-order valence-electron chi connectivity index (χ0n) is 7.28. The zero-order chi connectivity index (χ0) is 11.0. The predicted octanol–water partition coefficient (Wildman–Crippen LogP) is 2.93. The lowest BCUT2D eigenvalue weighted by atomic mass is 10.2. The van der Waals surface area contributed by atoms with Gasteiger partial charge in [0.25, 0.3) is 6.43 Å². The Bertz CT molecular complexity index is 524. The van der Waals surface area contributed by atoms with E-state index in [-0.39, 0.29) is 10.6 Å². The standard InChI is InChI=1S/C9H5F2NO2S/c10-7(11)8-12-5-2-1-4(9(13)14)3-6(5)15-8/h1-3,7H,(H,13,14). The van der Waals surface area contributed by atoms with E-state index in [0.29, 0.717) is 10.2 Å². The van der Waals surface area contributed by atoms with Crippen LogP contribution in [0.3, 0.4) is 0 Å². The van der Waals surface area contributed by atoms with Crippen LogP contribution in [-0.4, -0.2) is 16.1 Å². The van der Waals surface area contributed by atoms with Gasteiger partial charge in [0.1, 0.15) is 0 Å². The van der Waals surface area contributed by atoms with Crippen molar-refractivity contribution >= 4 is 27.5 Å². The number of aromatic nitrogens is 1. The fraction of sp³-hybridized carbons (Fsp3) is 0.111. The van der Waals surface area contributed by atoms with Crippen molar-refractivity contribution in [2.45, 2.75) is 6.43 Å². The average molecular weight is 229 g/mol. The highest BCUT2D eigenvalue weighted by atomic mass is 32.1. The number of alkyl halides is 2. The number of fused-ring (bicyclic) bond motifs is 1. The molecule has 1 aromatic carbocycles. The summed E-state index contributed by atoms with van der Waals surface area (Å²) in [5.74, 6) is -1.08. The minimum atomic E-state index is -2.62. The number of nitrogens with zero attached hydrogens (tertiary/aromatic N) is 1. The Morgan fingerprint density at radius 3 is 2.80 bits per heavy atom. The normalized spacial score (nSPS) is 11.1. The number of hydrogen-bond donors (Lipinski definition) is 1. The number of aromatic carboxylic acids is 1. The lowest BCUT2D eigenvalue weighted by Gasteiger charge is -1.91. The van der Waals surface area contributed by atoms with Gasteiger partial charge in [-0.3, -0.25) is 0 Å². The molecule has 6 heteroatoms. The number of carboxylic acids is 1. The van der Waals surface area contributed by atoms with E-state index in [1.165, 1.54) is 18.2 Å². The summed E-state index contributed by atoms with van der Waals surface area (Å²) in [6, 6.07) is 4.13. The summed E-state index contributed by atoms with van der Waals surface area (Å²) in [5.41, 5.74) is 0.479. The van der Waals surface area contributed by atoms with Crippen LogP contribution in [0.25, 0.3) is 10.2 Å². The molecular formula is C9H5F2NO2S. The summed E-state index contributed by atoms with van der Waals surface area (Å²) in [7, 11) is 0. The van der Waals surface area contributed by atoms with Crippen molar-refractivity contribution in [2.75, 3.05) is 0 Å². The summed E-state index contributed by atoms with van der Waals surface area (Å²) >= 11 is 0.812. The number of rotatable bonds is 2. The van der Waals surface area contributed by atoms with Crippen molar-refractivity contribution < 1.29 is 18.7 Å². The minimum absolute atomic E-state index is 0.0759. The second-order valence-electron chi connectivity index (χ2n) is 2.84. The van der Waals surface area contributed by atoms with Crippen LogP contribution in [-0.2, 0) is 0 Å². The maximum atomic E-state index is 12.3.